The monoisotopic (exact) mass is 304 g/mol. The first-order valence-corrected chi connectivity index (χ1v) is 6.12. The normalized spacial score (nSPS) is 19.7. The van der Waals surface area contributed by atoms with Crippen LogP contribution < -0.4 is 0 Å². The number of hydrogen-bond acceptors (Lipinski definition) is 4. The molecule has 0 unspecified atom stereocenters. The predicted molar refractivity (Wildman–Crippen MR) is 63.0 cm³/mol. The minimum absolute atomic E-state index is 0.00130. The summed E-state index contributed by atoms with van der Waals surface area (Å²) in [7, 11) is 0. The lowest BCUT2D eigenvalue weighted by Crippen LogP contribution is -2.56. The van der Waals surface area contributed by atoms with Gasteiger partial charge in [0.25, 0.3) is 0 Å². The van der Waals surface area contributed by atoms with Crippen LogP contribution in [0.3, 0.4) is 0 Å². The summed E-state index contributed by atoms with van der Waals surface area (Å²) in [5, 5.41) is 0. The van der Waals surface area contributed by atoms with Gasteiger partial charge in [-0.15, -0.1) is 0 Å². The molecule has 0 N–H and O–H groups in total. The molecule has 0 atom stereocenters. The van der Waals surface area contributed by atoms with E-state index in [4.69, 9.17) is 44.3 Å². The topological polar surface area (TPSA) is 52.6 Å². The van der Waals surface area contributed by atoms with Crippen LogP contribution in [0.4, 0.5) is 0 Å². The van der Waals surface area contributed by atoms with E-state index in [9.17, 15) is 9.59 Å². The Hall–Kier alpha value is -0.0700. The van der Waals surface area contributed by atoms with Crippen molar-refractivity contribution in [2.45, 2.75) is 3.79 Å². The zero-order valence-corrected chi connectivity index (χ0v) is 11.3. The molecule has 1 heterocycles. The van der Waals surface area contributed by atoms with Gasteiger partial charge in [0, 0.05) is 0 Å². The maximum atomic E-state index is 11.5. The van der Waals surface area contributed by atoms with Crippen molar-refractivity contribution in [2.75, 3.05) is 39.5 Å². The van der Waals surface area contributed by atoms with Crippen LogP contribution in [0, 0.1) is 0 Å². The Balaban J connectivity index is 2.45. The van der Waals surface area contributed by atoms with E-state index in [2.05, 4.69) is 0 Å². The third-order valence-corrected chi connectivity index (χ3v) is 2.75. The molecule has 0 aromatic carbocycles. The molecule has 5 nitrogen and oxygen atoms in total. The molecular formula is C9H13Cl3NO4+. The standard InChI is InChI=1S/C9H13Cl3NO4/c10-9(11,12)6-17-8(15)5-13(7-14)1-3-16-4-2-13/h7H,1-6H2/q+1. The van der Waals surface area contributed by atoms with Gasteiger partial charge in [0.05, 0.1) is 13.2 Å². The first-order chi connectivity index (χ1) is 7.87. The van der Waals surface area contributed by atoms with Gasteiger partial charge in [0.1, 0.15) is 19.7 Å². The zero-order valence-electron chi connectivity index (χ0n) is 9.03. The van der Waals surface area contributed by atoms with Gasteiger partial charge < -0.3 is 9.47 Å². The molecule has 8 heteroatoms. The van der Waals surface area contributed by atoms with Crippen molar-refractivity contribution in [2.24, 2.45) is 0 Å². The SMILES string of the molecule is O=C[N+]1(CC(=O)OCC(Cl)(Cl)Cl)CCOCC1. The van der Waals surface area contributed by atoms with E-state index in [1.54, 1.807) is 0 Å². The number of ether oxygens (including phenoxy) is 2. The molecule has 1 aliphatic rings. The fourth-order valence-corrected chi connectivity index (χ4v) is 1.64. The lowest BCUT2D eigenvalue weighted by atomic mass is 10.3. The highest BCUT2D eigenvalue weighted by Crippen LogP contribution is 2.26. The van der Waals surface area contributed by atoms with Gasteiger partial charge in [-0.3, -0.25) is 4.48 Å². The Morgan fingerprint density at radius 1 is 1.35 bits per heavy atom. The Morgan fingerprint density at radius 3 is 2.41 bits per heavy atom. The third-order valence-electron chi connectivity index (χ3n) is 2.43. The van der Waals surface area contributed by atoms with Crippen LogP contribution in [0.2, 0.25) is 0 Å². The van der Waals surface area contributed by atoms with Crippen LogP contribution in [0.5, 0.6) is 0 Å². The molecular weight excluding hydrogens is 292 g/mol. The van der Waals surface area contributed by atoms with Gasteiger partial charge in [-0.05, 0) is 0 Å². The van der Waals surface area contributed by atoms with E-state index >= 15 is 0 Å². The van der Waals surface area contributed by atoms with Gasteiger partial charge >= 0.3 is 12.4 Å². The molecule has 98 valence electrons. The number of nitrogens with zero attached hydrogens (tertiary/aromatic N) is 1. The number of quaternary nitrogens is 1. The number of morpholine rings is 1. The number of alkyl halides is 3. The molecule has 1 amide bonds. The summed E-state index contributed by atoms with van der Waals surface area (Å²) in [6.45, 7) is 1.39. The van der Waals surface area contributed by atoms with Crippen LogP contribution in [-0.4, -0.2) is 60.1 Å². The quantitative estimate of drug-likeness (QED) is 0.335. The van der Waals surface area contributed by atoms with Gasteiger partial charge in [-0.1, -0.05) is 34.8 Å². The Morgan fingerprint density at radius 2 is 1.94 bits per heavy atom. The number of carbonyl (C=O) groups excluding carboxylic acids is 2. The minimum atomic E-state index is -1.63. The maximum Gasteiger partial charge on any atom is 0.362 e. The predicted octanol–water partition coefficient (Wildman–Crippen LogP) is 0.903. The third kappa shape index (κ3) is 5.40. The van der Waals surface area contributed by atoms with Crippen molar-refractivity contribution in [1.82, 2.24) is 0 Å². The van der Waals surface area contributed by atoms with E-state index < -0.39 is 9.76 Å². The second-order valence-electron chi connectivity index (χ2n) is 3.82. The molecule has 1 rings (SSSR count). The summed E-state index contributed by atoms with van der Waals surface area (Å²) in [6, 6.07) is 0. The van der Waals surface area contributed by atoms with Gasteiger partial charge in [0.2, 0.25) is 3.79 Å². The summed E-state index contributed by atoms with van der Waals surface area (Å²) in [6.07, 6.45) is 0.735. The summed E-state index contributed by atoms with van der Waals surface area (Å²) < 4.78 is 8.28. The van der Waals surface area contributed by atoms with Crippen LogP contribution in [0.25, 0.3) is 0 Å². The fourth-order valence-electron chi connectivity index (χ4n) is 1.47. The van der Waals surface area contributed by atoms with Crippen molar-refractivity contribution < 1.29 is 23.5 Å². The molecule has 0 saturated carbocycles. The minimum Gasteiger partial charge on any atom is -0.457 e. The van der Waals surface area contributed by atoms with E-state index in [0.717, 1.165) is 6.41 Å². The van der Waals surface area contributed by atoms with E-state index in [0.29, 0.717) is 26.3 Å². The van der Waals surface area contributed by atoms with Crippen molar-refractivity contribution in [1.29, 1.82) is 0 Å². The highest BCUT2D eigenvalue weighted by atomic mass is 35.6. The van der Waals surface area contributed by atoms with Crippen molar-refractivity contribution >= 4 is 47.2 Å². The van der Waals surface area contributed by atoms with Crippen LogP contribution >= 0.6 is 34.8 Å². The number of rotatable bonds is 4. The smallest absolute Gasteiger partial charge is 0.362 e. The highest BCUT2D eigenvalue weighted by molar-refractivity contribution is 6.67. The van der Waals surface area contributed by atoms with Crippen molar-refractivity contribution in [3.8, 4) is 0 Å². The molecule has 1 aliphatic heterocycles. The summed E-state index contributed by atoms with van der Waals surface area (Å²) >= 11 is 16.3. The lowest BCUT2D eigenvalue weighted by molar-refractivity contribution is -0.847. The van der Waals surface area contributed by atoms with Gasteiger partial charge in [-0.25, -0.2) is 9.59 Å². The first-order valence-electron chi connectivity index (χ1n) is 4.99. The first kappa shape index (κ1) is 15.0. The van der Waals surface area contributed by atoms with Crippen LogP contribution in [-0.2, 0) is 19.1 Å². The summed E-state index contributed by atoms with van der Waals surface area (Å²) in [5.41, 5.74) is 0. The molecule has 1 saturated heterocycles. The Bertz CT molecular complexity index is 286. The van der Waals surface area contributed by atoms with Gasteiger partial charge in [0.15, 0.2) is 6.54 Å². The number of halogens is 3. The maximum absolute atomic E-state index is 11.5. The fraction of sp³-hybridized carbons (Fsp3) is 0.778. The Kier molecular flexibility index (Phi) is 5.47. The number of amides is 1. The van der Waals surface area contributed by atoms with Crippen molar-refractivity contribution in [3.05, 3.63) is 0 Å². The van der Waals surface area contributed by atoms with E-state index in [-0.39, 0.29) is 17.6 Å². The largest absolute Gasteiger partial charge is 0.457 e. The van der Waals surface area contributed by atoms with Crippen molar-refractivity contribution in [3.63, 3.8) is 0 Å². The molecule has 0 aromatic heterocycles. The molecule has 0 aromatic rings. The average Bonchev–Trinajstić information content (AvgIpc) is 2.27. The molecule has 0 bridgehead atoms. The zero-order chi connectivity index (χ0) is 12.9. The van der Waals surface area contributed by atoms with E-state index in [1.807, 2.05) is 0 Å². The molecule has 0 radical (unpaired) electrons. The van der Waals surface area contributed by atoms with Gasteiger partial charge in [-0.2, -0.15) is 0 Å². The Labute approximate surface area is 114 Å². The molecule has 0 spiro atoms. The number of carbonyl (C=O) groups is 2. The second-order valence-corrected chi connectivity index (χ2v) is 6.33. The number of esters is 1. The number of hydrogen-bond donors (Lipinski definition) is 0. The molecule has 17 heavy (non-hydrogen) atoms. The van der Waals surface area contributed by atoms with E-state index in [1.165, 1.54) is 0 Å². The summed E-state index contributed by atoms with van der Waals surface area (Å²) in [5.74, 6) is -0.565. The molecule has 0 aliphatic carbocycles. The summed E-state index contributed by atoms with van der Waals surface area (Å²) in [4.78, 5) is 22.6. The second kappa shape index (κ2) is 6.20. The highest BCUT2D eigenvalue weighted by Gasteiger charge is 2.34. The molecule has 1 fully saturated rings. The van der Waals surface area contributed by atoms with Crippen LogP contribution in [0.1, 0.15) is 0 Å². The lowest BCUT2D eigenvalue weighted by Gasteiger charge is -2.33. The van der Waals surface area contributed by atoms with Crippen LogP contribution in [0.15, 0.2) is 0 Å². The average molecular weight is 306 g/mol.